The topological polar surface area (TPSA) is 87.3 Å². The van der Waals surface area contributed by atoms with Gasteiger partial charge in [0.05, 0.1) is 11.3 Å². The number of hydrogen-bond donors (Lipinski definition) is 3. The minimum Gasteiger partial charge on any atom is -0.354 e. The van der Waals surface area contributed by atoms with Gasteiger partial charge in [-0.25, -0.2) is 0 Å². The van der Waals surface area contributed by atoms with Crippen molar-refractivity contribution in [3.8, 4) is 0 Å². The lowest BCUT2D eigenvalue weighted by atomic mass is 10.1. The van der Waals surface area contributed by atoms with Crippen LogP contribution in [0.15, 0.2) is 54.6 Å². The summed E-state index contributed by atoms with van der Waals surface area (Å²) >= 11 is 0. The minimum absolute atomic E-state index is 0.0507. The number of para-hydroxylation sites is 1. The molecule has 1 aliphatic rings. The van der Waals surface area contributed by atoms with E-state index in [9.17, 15) is 14.4 Å². The zero-order chi connectivity index (χ0) is 18.4. The molecule has 6 nitrogen and oxygen atoms in total. The van der Waals surface area contributed by atoms with Crippen LogP contribution in [0.4, 0.5) is 5.69 Å². The number of hydrogen-bond acceptors (Lipinski definition) is 3. The largest absolute Gasteiger partial charge is 0.354 e. The molecule has 26 heavy (non-hydrogen) atoms. The van der Waals surface area contributed by atoms with E-state index in [-0.39, 0.29) is 23.6 Å². The molecular weight excluding hydrogens is 330 g/mol. The molecule has 3 amide bonds. The molecule has 0 bridgehead atoms. The minimum atomic E-state index is -0.297. The van der Waals surface area contributed by atoms with Crippen molar-refractivity contribution in [1.29, 1.82) is 0 Å². The van der Waals surface area contributed by atoms with Crippen molar-refractivity contribution >= 4 is 23.4 Å². The third kappa shape index (κ3) is 4.69. The molecule has 0 aromatic heterocycles. The van der Waals surface area contributed by atoms with Crippen molar-refractivity contribution in [2.75, 3.05) is 18.4 Å². The summed E-state index contributed by atoms with van der Waals surface area (Å²) in [6, 6.07) is 15.6. The van der Waals surface area contributed by atoms with Crippen molar-refractivity contribution in [1.82, 2.24) is 10.6 Å². The molecule has 134 valence electrons. The fourth-order valence-corrected chi connectivity index (χ4v) is 2.52. The summed E-state index contributed by atoms with van der Waals surface area (Å²) in [6.07, 6.45) is 1.90. The molecule has 3 N–H and O–H groups in total. The van der Waals surface area contributed by atoms with Gasteiger partial charge in [0.2, 0.25) is 5.91 Å². The second-order valence-electron chi connectivity index (χ2n) is 6.19. The number of amides is 3. The van der Waals surface area contributed by atoms with E-state index in [1.807, 2.05) is 6.07 Å². The first-order chi connectivity index (χ1) is 12.6. The fraction of sp³-hybridized carbons (Fsp3) is 0.250. The molecule has 0 aliphatic heterocycles. The van der Waals surface area contributed by atoms with Gasteiger partial charge in [-0.15, -0.1) is 0 Å². The highest BCUT2D eigenvalue weighted by atomic mass is 16.2. The summed E-state index contributed by atoms with van der Waals surface area (Å²) in [4.78, 5) is 36.3. The van der Waals surface area contributed by atoms with Crippen molar-refractivity contribution in [3.63, 3.8) is 0 Å². The van der Waals surface area contributed by atoms with Gasteiger partial charge >= 0.3 is 0 Å². The average Bonchev–Trinajstić information content (AvgIpc) is 3.51. The van der Waals surface area contributed by atoms with Gasteiger partial charge in [0.1, 0.15) is 0 Å². The normalized spacial score (nSPS) is 12.9. The van der Waals surface area contributed by atoms with Crippen molar-refractivity contribution in [3.05, 3.63) is 65.7 Å². The number of carbonyl (C=O) groups is 3. The van der Waals surface area contributed by atoms with Gasteiger partial charge in [-0.2, -0.15) is 0 Å². The summed E-state index contributed by atoms with van der Waals surface area (Å²) in [6.45, 7) is 0.720. The molecule has 0 heterocycles. The molecule has 1 saturated carbocycles. The Kier molecular flexibility index (Phi) is 5.63. The third-order valence-electron chi connectivity index (χ3n) is 4.11. The Labute approximate surface area is 152 Å². The van der Waals surface area contributed by atoms with E-state index in [2.05, 4.69) is 16.0 Å². The van der Waals surface area contributed by atoms with E-state index in [0.717, 1.165) is 12.8 Å². The summed E-state index contributed by atoms with van der Waals surface area (Å²) in [5.41, 5.74) is 1.34. The standard InChI is InChI=1S/C20H21N3O3/c24-18(15-10-11-15)21-12-13-22-20(26)16-8-4-5-9-17(16)23-19(25)14-6-2-1-3-7-14/h1-9,15H,10-13H2,(H,21,24)(H,22,26)(H,23,25). The number of anilines is 1. The summed E-state index contributed by atoms with van der Waals surface area (Å²) in [5.74, 6) is -0.369. The molecule has 0 radical (unpaired) electrons. The molecule has 3 rings (SSSR count). The zero-order valence-electron chi connectivity index (χ0n) is 14.3. The number of nitrogens with one attached hydrogen (secondary N) is 3. The second kappa shape index (κ2) is 8.29. The van der Waals surface area contributed by atoms with E-state index in [4.69, 9.17) is 0 Å². The molecule has 2 aromatic carbocycles. The lowest BCUT2D eigenvalue weighted by Crippen LogP contribution is -2.35. The molecule has 2 aromatic rings. The van der Waals surface area contributed by atoms with Crippen LogP contribution in [0.25, 0.3) is 0 Å². The van der Waals surface area contributed by atoms with Gasteiger partial charge in [0.25, 0.3) is 11.8 Å². The van der Waals surface area contributed by atoms with Crippen LogP contribution in [0.2, 0.25) is 0 Å². The highest BCUT2D eigenvalue weighted by Crippen LogP contribution is 2.28. The lowest BCUT2D eigenvalue weighted by molar-refractivity contribution is -0.122. The Balaban J connectivity index is 1.56. The smallest absolute Gasteiger partial charge is 0.255 e. The highest BCUT2D eigenvalue weighted by Gasteiger charge is 2.29. The lowest BCUT2D eigenvalue weighted by Gasteiger charge is -2.12. The van der Waals surface area contributed by atoms with Gasteiger partial charge in [-0.3, -0.25) is 14.4 Å². The third-order valence-corrected chi connectivity index (χ3v) is 4.11. The van der Waals surface area contributed by atoms with Crippen molar-refractivity contribution in [2.24, 2.45) is 5.92 Å². The maximum Gasteiger partial charge on any atom is 0.255 e. The van der Waals surface area contributed by atoms with Crippen LogP contribution < -0.4 is 16.0 Å². The Morgan fingerprint density at radius 3 is 2.19 bits per heavy atom. The van der Waals surface area contributed by atoms with Crippen molar-refractivity contribution in [2.45, 2.75) is 12.8 Å². The maximum atomic E-state index is 12.4. The first kappa shape index (κ1) is 17.7. The predicted molar refractivity (Wildman–Crippen MR) is 98.9 cm³/mol. The Hall–Kier alpha value is -3.15. The van der Waals surface area contributed by atoms with Crippen molar-refractivity contribution < 1.29 is 14.4 Å². The molecule has 0 saturated heterocycles. The van der Waals surface area contributed by atoms with Crippen LogP contribution in [-0.4, -0.2) is 30.8 Å². The number of benzene rings is 2. The summed E-state index contributed by atoms with van der Waals surface area (Å²) < 4.78 is 0. The molecule has 1 fully saturated rings. The predicted octanol–water partition coefficient (Wildman–Crippen LogP) is 2.19. The van der Waals surface area contributed by atoms with Gasteiger partial charge < -0.3 is 16.0 Å². The van der Waals surface area contributed by atoms with Gasteiger partial charge in [0, 0.05) is 24.6 Å². The first-order valence-corrected chi connectivity index (χ1v) is 8.66. The molecular formula is C20H21N3O3. The molecule has 0 unspecified atom stereocenters. The molecule has 6 heteroatoms. The van der Waals surface area contributed by atoms with Crippen LogP contribution >= 0.6 is 0 Å². The Morgan fingerprint density at radius 2 is 1.46 bits per heavy atom. The zero-order valence-corrected chi connectivity index (χ0v) is 14.3. The summed E-state index contributed by atoms with van der Waals surface area (Å²) in [5, 5.41) is 8.33. The molecule has 0 spiro atoms. The van der Waals surface area contributed by atoms with Gasteiger partial charge in [-0.05, 0) is 37.1 Å². The van der Waals surface area contributed by atoms with E-state index in [1.54, 1.807) is 48.5 Å². The van der Waals surface area contributed by atoms with E-state index >= 15 is 0 Å². The van der Waals surface area contributed by atoms with Crippen LogP contribution in [0.3, 0.4) is 0 Å². The SMILES string of the molecule is O=C(Nc1ccccc1C(=O)NCCNC(=O)C1CC1)c1ccccc1. The first-order valence-electron chi connectivity index (χ1n) is 8.66. The monoisotopic (exact) mass is 351 g/mol. The highest BCUT2D eigenvalue weighted by molar-refractivity contribution is 6.08. The van der Waals surface area contributed by atoms with Gasteiger partial charge in [-0.1, -0.05) is 30.3 Å². The van der Waals surface area contributed by atoms with E-state index in [1.165, 1.54) is 0 Å². The van der Waals surface area contributed by atoms with E-state index in [0.29, 0.717) is 29.9 Å². The molecule has 1 aliphatic carbocycles. The number of carbonyl (C=O) groups excluding carboxylic acids is 3. The Bertz CT molecular complexity index is 801. The quantitative estimate of drug-likeness (QED) is 0.668. The van der Waals surface area contributed by atoms with Crippen LogP contribution in [0, 0.1) is 5.92 Å². The Morgan fingerprint density at radius 1 is 0.808 bits per heavy atom. The summed E-state index contributed by atoms with van der Waals surface area (Å²) in [7, 11) is 0. The second-order valence-corrected chi connectivity index (χ2v) is 6.19. The maximum absolute atomic E-state index is 12.4. The van der Waals surface area contributed by atoms with Crippen LogP contribution in [-0.2, 0) is 4.79 Å². The van der Waals surface area contributed by atoms with Gasteiger partial charge in [0.15, 0.2) is 0 Å². The van der Waals surface area contributed by atoms with Crippen LogP contribution in [0.1, 0.15) is 33.6 Å². The number of rotatable bonds is 7. The average molecular weight is 351 g/mol. The van der Waals surface area contributed by atoms with Crippen LogP contribution in [0.5, 0.6) is 0 Å². The molecule has 0 atom stereocenters. The fourth-order valence-electron chi connectivity index (χ4n) is 2.52. The van der Waals surface area contributed by atoms with E-state index < -0.39 is 0 Å².